The van der Waals surface area contributed by atoms with Crippen LogP contribution in [0.25, 0.3) is 0 Å². The quantitative estimate of drug-likeness (QED) is 0.204. The normalized spacial score (nSPS) is 12.4. The minimum absolute atomic E-state index is 0.347. The molecule has 3 aromatic carbocycles. The summed E-state index contributed by atoms with van der Waals surface area (Å²) in [5.74, 6) is 0.897. The molecule has 5 nitrogen and oxygen atoms in total. The summed E-state index contributed by atoms with van der Waals surface area (Å²) in [7, 11) is 3.20. The molecule has 0 heterocycles. The van der Waals surface area contributed by atoms with Gasteiger partial charge in [-0.25, -0.2) is 4.79 Å². The van der Waals surface area contributed by atoms with Crippen molar-refractivity contribution < 1.29 is 19.0 Å². The van der Waals surface area contributed by atoms with Crippen molar-refractivity contribution in [3.63, 3.8) is 0 Å². The molecule has 0 aliphatic carbocycles. The molecule has 3 rings (SSSR count). The van der Waals surface area contributed by atoms with Crippen LogP contribution in [-0.4, -0.2) is 38.0 Å². The number of benzene rings is 3. The molecular formula is C29H33NO4. The molecule has 3 aromatic rings. The Morgan fingerprint density at radius 1 is 0.853 bits per heavy atom. The number of aliphatic imine (C=N–C) groups is 1. The van der Waals surface area contributed by atoms with Crippen LogP contribution in [0.15, 0.2) is 83.9 Å². The standard InChI is InChI=1S/C29H33NO4/c1-5-6-19-34-28(31)29(2,21-22-17-18-25(32-3)26(20-22)33-4)30-27(23-13-9-7-10-14-23)24-15-11-8-12-16-24/h7-18,20H,5-6,19,21H2,1-4H3. The van der Waals surface area contributed by atoms with Crippen molar-refractivity contribution in [3.8, 4) is 11.5 Å². The Kier molecular flexibility index (Phi) is 8.86. The van der Waals surface area contributed by atoms with Crippen LogP contribution in [-0.2, 0) is 16.0 Å². The zero-order valence-corrected chi connectivity index (χ0v) is 20.4. The Labute approximate surface area is 202 Å². The van der Waals surface area contributed by atoms with Gasteiger partial charge in [0.05, 0.1) is 26.5 Å². The lowest BCUT2D eigenvalue weighted by molar-refractivity contribution is -0.149. The molecule has 1 unspecified atom stereocenters. The summed E-state index contributed by atoms with van der Waals surface area (Å²) in [5, 5.41) is 0. The predicted octanol–water partition coefficient (Wildman–Crippen LogP) is 5.89. The van der Waals surface area contributed by atoms with Crippen molar-refractivity contribution in [2.24, 2.45) is 4.99 Å². The molecule has 0 fully saturated rings. The number of hydrogen-bond acceptors (Lipinski definition) is 5. The second-order valence-corrected chi connectivity index (χ2v) is 8.32. The van der Waals surface area contributed by atoms with Crippen LogP contribution in [0, 0.1) is 0 Å². The fraction of sp³-hybridized carbons (Fsp3) is 0.310. The molecule has 0 radical (unpaired) electrons. The van der Waals surface area contributed by atoms with Gasteiger partial charge in [-0.2, -0.15) is 0 Å². The predicted molar refractivity (Wildman–Crippen MR) is 136 cm³/mol. The highest BCUT2D eigenvalue weighted by Gasteiger charge is 2.36. The van der Waals surface area contributed by atoms with E-state index in [2.05, 4.69) is 6.92 Å². The molecule has 5 heteroatoms. The summed E-state index contributed by atoms with van der Waals surface area (Å²) in [5.41, 5.74) is 2.38. The number of nitrogens with zero attached hydrogens (tertiary/aromatic N) is 1. The van der Waals surface area contributed by atoms with Crippen LogP contribution in [0.4, 0.5) is 0 Å². The number of methoxy groups -OCH3 is 2. The molecule has 34 heavy (non-hydrogen) atoms. The first kappa shape index (κ1) is 25.0. The third kappa shape index (κ3) is 6.25. The topological polar surface area (TPSA) is 57.1 Å². The van der Waals surface area contributed by atoms with E-state index in [1.54, 1.807) is 14.2 Å². The minimum atomic E-state index is -1.14. The first-order valence-corrected chi connectivity index (χ1v) is 11.6. The number of carbonyl (C=O) groups is 1. The maximum absolute atomic E-state index is 13.4. The monoisotopic (exact) mass is 459 g/mol. The van der Waals surface area contributed by atoms with Gasteiger partial charge in [-0.05, 0) is 31.0 Å². The van der Waals surface area contributed by atoms with Crippen LogP contribution >= 0.6 is 0 Å². The van der Waals surface area contributed by atoms with E-state index in [9.17, 15) is 4.79 Å². The van der Waals surface area contributed by atoms with Gasteiger partial charge >= 0.3 is 5.97 Å². The van der Waals surface area contributed by atoms with Crippen LogP contribution in [0.5, 0.6) is 11.5 Å². The average Bonchev–Trinajstić information content (AvgIpc) is 2.88. The average molecular weight is 460 g/mol. The number of unbranched alkanes of at least 4 members (excludes halogenated alkanes) is 1. The van der Waals surface area contributed by atoms with E-state index in [0.29, 0.717) is 24.5 Å². The summed E-state index contributed by atoms with van der Waals surface area (Å²) >= 11 is 0. The number of carbonyl (C=O) groups excluding carboxylic acids is 1. The summed E-state index contributed by atoms with van der Waals surface area (Å²) < 4.78 is 16.5. The maximum Gasteiger partial charge on any atom is 0.334 e. The number of rotatable bonds is 11. The number of esters is 1. The molecule has 0 aliphatic rings. The maximum atomic E-state index is 13.4. The largest absolute Gasteiger partial charge is 0.493 e. The van der Waals surface area contributed by atoms with E-state index in [-0.39, 0.29) is 5.97 Å². The summed E-state index contributed by atoms with van der Waals surface area (Å²) in [6.45, 7) is 4.28. The lowest BCUT2D eigenvalue weighted by atomic mass is 9.91. The van der Waals surface area contributed by atoms with Gasteiger partial charge in [-0.1, -0.05) is 80.1 Å². The Morgan fingerprint density at radius 3 is 1.97 bits per heavy atom. The Bertz CT molecular complexity index is 1050. The van der Waals surface area contributed by atoms with E-state index in [0.717, 1.165) is 35.2 Å². The molecule has 0 aromatic heterocycles. The van der Waals surface area contributed by atoms with Crippen LogP contribution < -0.4 is 9.47 Å². The van der Waals surface area contributed by atoms with Crippen LogP contribution in [0.1, 0.15) is 43.4 Å². The molecule has 0 aliphatic heterocycles. The number of ether oxygens (including phenoxy) is 3. The van der Waals surface area contributed by atoms with E-state index in [1.807, 2.05) is 85.8 Å². The first-order chi connectivity index (χ1) is 16.5. The van der Waals surface area contributed by atoms with Gasteiger partial charge < -0.3 is 14.2 Å². The summed E-state index contributed by atoms with van der Waals surface area (Å²) in [4.78, 5) is 18.5. The first-order valence-electron chi connectivity index (χ1n) is 11.6. The van der Waals surface area contributed by atoms with Gasteiger partial charge in [0.2, 0.25) is 0 Å². The van der Waals surface area contributed by atoms with Crippen LogP contribution in [0.3, 0.4) is 0 Å². The van der Waals surface area contributed by atoms with Gasteiger partial charge in [-0.15, -0.1) is 0 Å². The molecule has 0 N–H and O–H groups in total. The fourth-order valence-corrected chi connectivity index (χ4v) is 3.74. The van der Waals surface area contributed by atoms with Gasteiger partial charge in [0.15, 0.2) is 17.0 Å². The lowest BCUT2D eigenvalue weighted by Crippen LogP contribution is -2.39. The molecule has 0 saturated heterocycles. The Hall–Kier alpha value is -3.60. The molecule has 0 spiro atoms. The highest BCUT2D eigenvalue weighted by molar-refractivity contribution is 6.13. The van der Waals surface area contributed by atoms with E-state index < -0.39 is 5.54 Å². The van der Waals surface area contributed by atoms with Gasteiger partial charge in [0.25, 0.3) is 0 Å². The van der Waals surface area contributed by atoms with Crippen molar-refractivity contribution in [1.82, 2.24) is 0 Å². The van der Waals surface area contributed by atoms with Crippen molar-refractivity contribution in [3.05, 3.63) is 95.6 Å². The molecule has 0 saturated carbocycles. The summed E-state index contributed by atoms with van der Waals surface area (Å²) in [6, 6.07) is 25.5. The fourth-order valence-electron chi connectivity index (χ4n) is 3.74. The van der Waals surface area contributed by atoms with Crippen molar-refractivity contribution in [2.75, 3.05) is 20.8 Å². The lowest BCUT2D eigenvalue weighted by Gasteiger charge is -2.26. The highest BCUT2D eigenvalue weighted by Crippen LogP contribution is 2.31. The zero-order valence-electron chi connectivity index (χ0n) is 20.4. The second-order valence-electron chi connectivity index (χ2n) is 8.32. The van der Waals surface area contributed by atoms with Gasteiger partial charge in [0.1, 0.15) is 0 Å². The number of hydrogen-bond donors (Lipinski definition) is 0. The Morgan fingerprint density at radius 2 is 1.44 bits per heavy atom. The van der Waals surface area contributed by atoms with Crippen molar-refractivity contribution in [2.45, 2.75) is 38.6 Å². The van der Waals surface area contributed by atoms with E-state index in [1.165, 1.54) is 0 Å². The van der Waals surface area contributed by atoms with Crippen molar-refractivity contribution >= 4 is 11.7 Å². The van der Waals surface area contributed by atoms with Gasteiger partial charge in [0, 0.05) is 17.5 Å². The van der Waals surface area contributed by atoms with E-state index in [4.69, 9.17) is 19.2 Å². The minimum Gasteiger partial charge on any atom is -0.493 e. The zero-order chi connectivity index (χ0) is 24.4. The summed E-state index contributed by atoms with van der Waals surface area (Å²) in [6.07, 6.45) is 2.11. The second kappa shape index (κ2) is 12.0. The molecule has 1 atom stereocenters. The van der Waals surface area contributed by atoms with Crippen molar-refractivity contribution in [1.29, 1.82) is 0 Å². The molecule has 0 bridgehead atoms. The molecule has 178 valence electrons. The van der Waals surface area contributed by atoms with Crippen LogP contribution in [0.2, 0.25) is 0 Å². The van der Waals surface area contributed by atoms with Gasteiger partial charge in [-0.3, -0.25) is 4.99 Å². The SMILES string of the molecule is CCCCOC(=O)C(C)(Cc1ccc(OC)c(OC)c1)N=C(c1ccccc1)c1ccccc1. The highest BCUT2D eigenvalue weighted by atomic mass is 16.5. The third-order valence-corrected chi connectivity index (χ3v) is 5.62. The van der Waals surface area contributed by atoms with E-state index >= 15 is 0 Å². The third-order valence-electron chi connectivity index (χ3n) is 5.62. The molecule has 0 amide bonds. The smallest absolute Gasteiger partial charge is 0.334 e. The molecular weight excluding hydrogens is 426 g/mol. The Balaban J connectivity index is 2.09.